The lowest BCUT2D eigenvalue weighted by Crippen LogP contribution is -2.30. The maximum atomic E-state index is 13.0. The molecule has 30 heavy (non-hydrogen) atoms. The number of nitrogens with one attached hydrogen (secondary N) is 1. The molecule has 1 N–H and O–H groups in total. The Morgan fingerprint density at radius 1 is 1.23 bits per heavy atom. The molecule has 0 bridgehead atoms. The van der Waals surface area contributed by atoms with Crippen LogP contribution in [-0.4, -0.2) is 27.3 Å². The first-order chi connectivity index (χ1) is 14.6. The number of carbonyl (C=O) groups is 1. The Bertz CT molecular complexity index is 1000. The van der Waals surface area contributed by atoms with Gasteiger partial charge in [-0.05, 0) is 62.4 Å². The lowest BCUT2D eigenvalue weighted by molar-refractivity contribution is -0.132. The van der Waals surface area contributed by atoms with Crippen LogP contribution >= 0.6 is 11.3 Å². The summed E-state index contributed by atoms with van der Waals surface area (Å²) in [7, 11) is 0. The molecule has 156 valence electrons. The van der Waals surface area contributed by atoms with Crippen molar-refractivity contribution in [3.8, 4) is 0 Å². The first-order valence-corrected chi connectivity index (χ1v) is 11.2. The number of likely N-dealkylation sites (tertiary alicyclic amines) is 1. The first-order valence-electron chi connectivity index (χ1n) is 10.3. The molecule has 4 rings (SSSR count). The molecule has 0 saturated carbocycles. The van der Waals surface area contributed by atoms with Gasteiger partial charge in [-0.25, -0.2) is 14.4 Å². The number of hydrogen-bond donors (Lipinski definition) is 1. The van der Waals surface area contributed by atoms with Crippen molar-refractivity contribution in [2.75, 3.05) is 11.9 Å². The van der Waals surface area contributed by atoms with E-state index in [1.165, 1.54) is 12.1 Å². The molecule has 5 nitrogen and oxygen atoms in total. The Morgan fingerprint density at radius 2 is 2.07 bits per heavy atom. The molecule has 1 saturated heterocycles. The summed E-state index contributed by atoms with van der Waals surface area (Å²) in [5.74, 6) is 0.678. The molecule has 3 heterocycles. The van der Waals surface area contributed by atoms with Gasteiger partial charge in [0.1, 0.15) is 11.6 Å². The molecular weight excluding hydrogens is 399 g/mol. The number of aromatic nitrogens is 2. The number of hydrogen-bond acceptors (Lipinski definition) is 5. The van der Waals surface area contributed by atoms with Crippen molar-refractivity contribution >= 4 is 28.2 Å². The quantitative estimate of drug-likeness (QED) is 0.551. The molecule has 0 spiro atoms. The zero-order chi connectivity index (χ0) is 20.9. The minimum atomic E-state index is -0.232. The zero-order valence-electron chi connectivity index (χ0n) is 17.0. The van der Waals surface area contributed by atoms with Crippen LogP contribution in [0.5, 0.6) is 0 Å². The second kappa shape index (κ2) is 9.34. The fraction of sp³-hybridized carbons (Fsp3) is 0.348. The van der Waals surface area contributed by atoms with E-state index in [2.05, 4.69) is 10.3 Å². The van der Waals surface area contributed by atoms with Crippen molar-refractivity contribution in [3.05, 3.63) is 70.6 Å². The average Bonchev–Trinajstić information content (AvgIpc) is 3.39. The van der Waals surface area contributed by atoms with Gasteiger partial charge in [-0.2, -0.15) is 0 Å². The Balaban J connectivity index is 1.37. The highest BCUT2D eigenvalue weighted by Crippen LogP contribution is 2.32. The highest BCUT2D eigenvalue weighted by molar-refractivity contribution is 7.13. The molecule has 7 heteroatoms. The normalized spacial score (nSPS) is 16.1. The smallest absolute Gasteiger partial charge is 0.223 e. The van der Waals surface area contributed by atoms with Crippen molar-refractivity contribution in [1.29, 1.82) is 0 Å². The predicted molar refractivity (Wildman–Crippen MR) is 117 cm³/mol. The van der Waals surface area contributed by atoms with E-state index < -0.39 is 0 Å². The molecule has 1 aliphatic heterocycles. The molecule has 0 aliphatic carbocycles. The van der Waals surface area contributed by atoms with Gasteiger partial charge in [0, 0.05) is 18.3 Å². The molecule has 1 fully saturated rings. The summed E-state index contributed by atoms with van der Waals surface area (Å²) in [5, 5.41) is 6.07. The number of nitrogens with zero attached hydrogens (tertiary/aromatic N) is 3. The number of anilines is 2. The summed E-state index contributed by atoms with van der Waals surface area (Å²) in [6.07, 6.45) is 3.93. The van der Waals surface area contributed by atoms with E-state index in [4.69, 9.17) is 4.98 Å². The van der Waals surface area contributed by atoms with Gasteiger partial charge in [0.2, 0.25) is 5.91 Å². The van der Waals surface area contributed by atoms with Gasteiger partial charge in [-0.15, -0.1) is 11.3 Å². The summed E-state index contributed by atoms with van der Waals surface area (Å²) >= 11 is 1.55. The van der Waals surface area contributed by atoms with E-state index in [1.54, 1.807) is 23.5 Å². The summed E-state index contributed by atoms with van der Waals surface area (Å²) in [5.41, 5.74) is 2.95. The van der Waals surface area contributed by atoms with Crippen LogP contribution in [0, 0.1) is 12.7 Å². The van der Waals surface area contributed by atoms with E-state index in [0.717, 1.165) is 60.1 Å². The first kappa shape index (κ1) is 20.5. The Kier molecular flexibility index (Phi) is 6.38. The molecule has 1 aliphatic rings. The molecule has 3 aromatic rings. The highest BCUT2D eigenvalue weighted by Gasteiger charge is 2.30. The number of amides is 1. The molecule has 1 unspecified atom stereocenters. The van der Waals surface area contributed by atoms with E-state index in [-0.39, 0.29) is 17.8 Å². The fourth-order valence-electron chi connectivity index (χ4n) is 3.84. The molecule has 2 aromatic heterocycles. The Morgan fingerprint density at radius 3 is 2.83 bits per heavy atom. The van der Waals surface area contributed by atoms with Crippen LogP contribution in [0.3, 0.4) is 0 Å². The number of rotatable bonds is 7. The maximum absolute atomic E-state index is 13.0. The maximum Gasteiger partial charge on any atom is 0.223 e. The van der Waals surface area contributed by atoms with Gasteiger partial charge in [-0.3, -0.25) is 4.79 Å². The molecule has 1 aromatic carbocycles. The number of carbonyl (C=O) groups excluding carboxylic acids is 1. The van der Waals surface area contributed by atoms with Gasteiger partial charge < -0.3 is 10.2 Å². The number of halogens is 1. The van der Waals surface area contributed by atoms with Crippen LogP contribution in [0.1, 0.15) is 48.7 Å². The number of aryl methyl sites for hydroxylation is 2. The van der Waals surface area contributed by atoms with Crippen LogP contribution in [0.15, 0.2) is 47.8 Å². The second-order valence-corrected chi connectivity index (χ2v) is 8.45. The topological polar surface area (TPSA) is 58.1 Å². The predicted octanol–water partition coefficient (Wildman–Crippen LogP) is 5.42. The molecule has 0 radical (unpaired) electrons. The molecular formula is C23H25FN4OS. The Hall–Kier alpha value is -2.80. The van der Waals surface area contributed by atoms with Crippen molar-refractivity contribution in [1.82, 2.24) is 14.9 Å². The lowest BCUT2D eigenvalue weighted by atomic mass is 10.1. The third-order valence-electron chi connectivity index (χ3n) is 5.31. The van der Waals surface area contributed by atoms with Gasteiger partial charge in [0.15, 0.2) is 5.13 Å². The van der Waals surface area contributed by atoms with E-state index in [0.29, 0.717) is 6.42 Å². The number of benzene rings is 1. The largest absolute Gasteiger partial charge is 0.334 e. The molecule has 1 atom stereocenters. The minimum Gasteiger partial charge on any atom is -0.334 e. The highest BCUT2D eigenvalue weighted by atomic mass is 32.1. The number of thiazole rings is 1. The Labute approximate surface area is 180 Å². The summed E-state index contributed by atoms with van der Waals surface area (Å²) in [6.45, 7) is 2.73. The van der Waals surface area contributed by atoms with Crippen molar-refractivity contribution in [2.24, 2.45) is 0 Å². The van der Waals surface area contributed by atoms with Crippen molar-refractivity contribution in [2.45, 2.75) is 45.1 Å². The number of pyridine rings is 1. The summed E-state index contributed by atoms with van der Waals surface area (Å²) in [4.78, 5) is 24.0. The van der Waals surface area contributed by atoms with Crippen molar-refractivity contribution in [3.63, 3.8) is 0 Å². The van der Waals surface area contributed by atoms with Crippen LogP contribution in [-0.2, 0) is 11.2 Å². The third-order valence-corrected chi connectivity index (χ3v) is 6.18. The fourth-order valence-corrected chi connectivity index (χ4v) is 4.53. The second-order valence-electron chi connectivity index (χ2n) is 7.59. The standard InChI is InChI=1S/C23H25FN4OS/c1-16-15-30-23(25-16)27-21-8-3-6-19(26-21)20-7-4-14-28(20)22(29)9-2-5-17-10-12-18(24)13-11-17/h3,6,8,10-13,15,20H,2,4-5,7,9,14H2,1H3,(H,25,26,27). The van der Waals surface area contributed by atoms with Crippen molar-refractivity contribution < 1.29 is 9.18 Å². The van der Waals surface area contributed by atoms with Crippen LogP contribution in [0.25, 0.3) is 0 Å². The van der Waals surface area contributed by atoms with E-state index >= 15 is 0 Å². The van der Waals surface area contributed by atoms with Crippen LogP contribution in [0.4, 0.5) is 15.3 Å². The van der Waals surface area contributed by atoms with E-state index in [1.807, 2.05) is 35.4 Å². The van der Waals surface area contributed by atoms with E-state index in [9.17, 15) is 9.18 Å². The summed E-state index contributed by atoms with van der Waals surface area (Å²) < 4.78 is 13.0. The average molecular weight is 425 g/mol. The monoisotopic (exact) mass is 424 g/mol. The van der Waals surface area contributed by atoms with Gasteiger partial charge in [0.25, 0.3) is 0 Å². The zero-order valence-corrected chi connectivity index (χ0v) is 17.8. The van der Waals surface area contributed by atoms with Crippen LogP contribution < -0.4 is 5.32 Å². The SMILES string of the molecule is Cc1csc(Nc2cccc(C3CCCN3C(=O)CCCc3ccc(F)cc3)n2)n1. The summed E-state index contributed by atoms with van der Waals surface area (Å²) in [6, 6.07) is 12.4. The minimum absolute atomic E-state index is 0.0168. The lowest BCUT2D eigenvalue weighted by Gasteiger charge is -2.24. The van der Waals surface area contributed by atoms with Crippen LogP contribution in [0.2, 0.25) is 0 Å². The molecule has 1 amide bonds. The third kappa shape index (κ3) is 5.02. The van der Waals surface area contributed by atoms with Gasteiger partial charge in [-0.1, -0.05) is 18.2 Å². The van der Waals surface area contributed by atoms with Gasteiger partial charge >= 0.3 is 0 Å². The van der Waals surface area contributed by atoms with Gasteiger partial charge in [0.05, 0.1) is 17.4 Å².